The third-order valence-corrected chi connectivity index (χ3v) is 7.26. The first-order valence-electron chi connectivity index (χ1n) is 12.4. The Balaban J connectivity index is 1.50. The van der Waals surface area contributed by atoms with Gasteiger partial charge in [-0.05, 0) is 79.5 Å². The number of ether oxygens (including phenoxy) is 1. The lowest BCUT2D eigenvalue weighted by Crippen LogP contribution is -2.21. The number of pyridine rings is 1. The maximum Gasteiger partial charge on any atom is 0.237 e. The lowest BCUT2D eigenvalue weighted by molar-refractivity contribution is 0.0215. The molecule has 0 atom stereocenters. The Hall–Kier alpha value is -2.78. The minimum Gasteiger partial charge on any atom is -0.480 e. The molecule has 4 N–H and O–H groups in total. The minimum absolute atomic E-state index is 0.334. The average molecular weight is 508 g/mol. The molecular weight excluding hydrogens is 470 g/mol. The Bertz CT molecular complexity index is 1150. The molecule has 4 rings (SSSR count). The van der Waals surface area contributed by atoms with Crippen LogP contribution in [0.1, 0.15) is 48.1 Å². The van der Waals surface area contributed by atoms with Crippen molar-refractivity contribution >= 4 is 28.8 Å². The van der Waals surface area contributed by atoms with Crippen LogP contribution >= 0.6 is 11.8 Å². The van der Waals surface area contributed by atoms with Crippen LogP contribution in [-0.2, 0) is 24.5 Å². The van der Waals surface area contributed by atoms with Gasteiger partial charge in [0.1, 0.15) is 12.3 Å². The van der Waals surface area contributed by atoms with Crippen LogP contribution in [0.15, 0.2) is 53.4 Å². The van der Waals surface area contributed by atoms with Gasteiger partial charge in [-0.1, -0.05) is 12.1 Å². The first-order chi connectivity index (χ1) is 17.6. The predicted octanol–water partition coefficient (Wildman–Crippen LogP) is 5.57. The molecule has 7 nitrogen and oxygen atoms in total. The molecule has 0 unspecified atom stereocenters. The number of anilines is 3. The first kappa shape index (κ1) is 26.3. The lowest BCUT2D eigenvalue weighted by Gasteiger charge is -2.29. The van der Waals surface area contributed by atoms with Gasteiger partial charge in [-0.3, -0.25) is 4.84 Å². The smallest absolute Gasteiger partial charge is 0.237 e. The number of thioether (sulfide) groups is 1. The van der Waals surface area contributed by atoms with Crippen LogP contribution < -0.4 is 26.2 Å². The van der Waals surface area contributed by atoms with Crippen molar-refractivity contribution in [1.29, 1.82) is 0 Å². The number of nitrogens with two attached hydrogens (primary N) is 1. The molecule has 2 aromatic carbocycles. The summed E-state index contributed by atoms with van der Waals surface area (Å²) in [5, 5.41) is 3.35. The molecule has 1 heterocycles. The average Bonchev–Trinajstić information content (AvgIpc) is 3.77. The molecule has 1 aliphatic carbocycles. The van der Waals surface area contributed by atoms with Crippen molar-refractivity contribution < 1.29 is 9.57 Å². The van der Waals surface area contributed by atoms with E-state index in [0.717, 1.165) is 40.4 Å². The quantitative estimate of drug-likeness (QED) is 0.157. The Morgan fingerprint density at radius 2 is 1.89 bits per heavy atom. The highest BCUT2D eigenvalue weighted by Crippen LogP contribution is 2.45. The number of nitrogens with zero attached hydrogens (tertiary/aromatic N) is 2. The standard InChI is InChI=1S/C28H37N5O2S/c1-5-33(27-15-21(20-8-9-20)14-25(30-2)24(27)16-29)26-13-10-22(32-28(26)34-3)18-35-31-17-19-6-11-23(36-4)12-7-19/h6-7,10-15,20,30-31H,5,8-9,16-18,29H2,1-4H3. The van der Waals surface area contributed by atoms with E-state index < -0.39 is 0 Å². The van der Waals surface area contributed by atoms with Crippen LogP contribution in [0.3, 0.4) is 0 Å². The Labute approximate surface area is 218 Å². The highest BCUT2D eigenvalue weighted by Gasteiger charge is 2.27. The van der Waals surface area contributed by atoms with E-state index in [-0.39, 0.29) is 0 Å². The van der Waals surface area contributed by atoms with Crippen LogP contribution in [0, 0.1) is 0 Å². The van der Waals surface area contributed by atoms with E-state index in [1.54, 1.807) is 18.9 Å². The second-order valence-electron chi connectivity index (χ2n) is 8.83. The number of hydrogen-bond donors (Lipinski definition) is 3. The zero-order valence-corrected chi connectivity index (χ0v) is 22.5. The number of hydroxylamine groups is 1. The highest BCUT2D eigenvalue weighted by atomic mass is 32.2. The van der Waals surface area contributed by atoms with Crippen molar-refractivity contribution in [2.45, 2.75) is 50.3 Å². The molecule has 192 valence electrons. The first-order valence-corrected chi connectivity index (χ1v) is 13.7. The van der Waals surface area contributed by atoms with Gasteiger partial charge in [-0.2, -0.15) is 5.48 Å². The molecule has 0 aliphatic heterocycles. The van der Waals surface area contributed by atoms with Gasteiger partial charge in [0.25, 0.3) is 0 Å². The number of rotatable bonds is 13. The van der Waals surface area contributed by atoms with Gasteiger partial charge in [0.15, 0.2) is 0 Å². The normalized spacial score (nSPS) is 13.0. The maximum absolute atomic E-state index is 6.22. The molecule has 1 fully saturated rings. The van der Waals surface area contributed by atoms with Gasteiger partial charge < -0.3 is 20.7 Å². The number of nitrogens with one attached hydrogen (secondary N) is 2. The summed E-state index contributed by atoms with van der Waals surface area (Å²) in [6.07, 6.45) is 4.56. The van der Waals surface area contributed by atoms with Gasteiger partial charge in [0.2, 0.25) is 5.88 Å². The molecule has 1 saturated carbocycles. The van der Waals surface area contributed by atoms with Crippen molar-refractivity contribution in [2.24, 2.45) is 5.73 Å². The van der Waals surface area contributed by atoms with E-state index in [2.05, 4.69) is 71.3 Å². The van der Waals surface area contributed by atoms with E-state index in [9.17, 15) is 0 Å². The second kappa shape index (κ2) is 12.5. The molecule has 0 spiro atoms. The summed E-state index contributed by atoms with van der Waals surface area (Å²) in [5.41, 5.74) is 16.8. The Kier molecular flexibility index (Phi) is 9.09. The molecule has 8 heteroatoms. The summed E-state index contributed by atoms with van der Waals surface area (Å²) < 4.78 is 5.73. The SMILES string of the molecule is CCN(c1ccc(CONCc2ccc(SC)cc2)nc1OC)c1cc(C2CC2)cc(NC)c1CN. The van der Waals surface area contributed by atoms with E-state index in [4.69, 9.17) is 20.3 Å². The van der Waals surface area contributed by atoms with Crippen LogP contribution in [-0.4, -0.2) is 31.9 Å². The summed E-state index contributed by atoms with van der Waals surface area (Å²) >= 11 is 1.73. The van der Waals surface area contributed by atoms with E-state index in [1.807, 2.05) is 13.1 Å². The van der Waals surface area contributed by atoms with E-state index >= 15 is 0 Å². The lowest BCUT2D eigenvalue weighted by atomic mass is 10.0. The number of aromatic nitrogens is 1. The largest absolute Gasteiger partial charge is 0.480 e. The van der Waals surface area contributed by atoms with Crippen LogP contribution in [0.2, 0.25) is 0 Å². The number of methoxy groups -OCH3 is 1. The summed E-state index contributed by atoms with van der Waals surface area (Å²) in [5.74, 6) is 1.20. The fraction of sp³-hybridized carbons (Fsp3) is 0.393. The topological polar surface area (TPSA) is 84.7 Å². The van der Waals surface area contributed by atoms with Crippen molar-refractivity contribution in [3.8, 4) is 5.88 Å². The fourth-order valence-electron chi connectivity index (χ4n) is 4.39. The fourth-order valence-corrected chi connectivity index (χ4v) is 4.80. The minimum atomic E-state index is 0.334. The van der Waals surface area contributed by atoms with Gasteiger partial charge >= 0.3 is 0 Å². The van der Waals surface area contributed by atoms with Gasteiger partial charge in [0, 0.05) is 48.5 Å². The number of benzene rings is 2. The summed E-state index contributed by atoms with van der Waals surface area (Å²) in [7, 11) is 3.61. The van der Waals surface area contributed by atoms with Crippen molar-refractivity contribution in [3.63, 3.8) is 0 Å². The summed E-state index contributed by atoms with van der Waals surface area (Å²) in [6.45, 7) is 4.30. The van der Waals surface area contributed by atoms with Crippen LogP contribution in [0.5, 0.6) is 5.88 Å². The molecular formula is C28H37N5O2S. The van der Waals surface area contributed by atoms with Crippen LogP contribution in [0.25, 0.3) is 0 Å². The van der Waals surface area contributed by atoms with E-state index in [1.165, 1.54) is 23.3 Å². The molecule has 1 aliphatic rings. The molecule has 0 bridgehead atoms. The molecule has 3 aromatic rings. The molecule has 0 amide bonds. The van der Waals surface area contributed by atoms with Crippen LogP contribution in [0.4, 0.5) is 17.1 Å². The van der Waals surface area contributed by atoms with Gasteiger partial charge in [-0.25, -0.2) is 4.98 Å². The zero-order chi connectivity index (χ0) is 25.5. The summed E-state index contributed by atoms with van der Waals surface area (Å²) in [6, 6.07) is 17.0. The molecule has 36 heavy (non-hydrogen) atoms. The predicted molar refractivity (Wildman–Crippen MR) is 149 cm³/mol. The Morgan fingerprint density at radius 3 is 2.50 bits per heavy atom. The van der Waals surface area contributed by atoms with Crippen molar-refractivity contribution in [2.75, 3.05) is 37.2 Å². The number of hydrogen-bond acceptors (Lipinski definition) is 8. The third-order valence-electron chi connectivity index (χ3n) is 6.52. The van der Waals surface area contributed by atoms with Gasteiger partial charge in [0.05, 0.1) is 12.8 Å². The third kappa shape index (κ3) is 6.13. The maximum atomic E-state index is 6.22. The monoisotopic (exact) mass is 507 g/mol. The van der Waals surface area contributed by atoms with E-state index in [0.29, 0.717) is 31.5 Å². The Morgan fingerprint density at radius 1 is 1.11 bits per heavy atom. The van der Waals surface area contributed by atoms with Crippen molar-refractivity contribution in [3.05, 3.63) is 70.9 Å². The summed E-state index contributed by atoms with van der Waals surface area (Å²) in [4.78, 5) is 13.9. The molecule has 0 saturated heterocycles. The molecule has 0 radical (unpaired) electrons. The van der Waals surface area contributed by atoms with Crippen molar-refractivity contribution in [1.82, 2.24) is 10.5 Å². The highest BCUT2D eigenvalue weighted by molar-refractivity contribution is 7.98. The van der Waals surface area contributed by atoms with Gasteiger partial charge in [-0.15, -0.1) is 11.8 Å². The zero-order valence-electron chi connectivity index (χ0n) is 21.6. The second-order valence-corrected chi connectivity index (χ2v) is 9.71. The molecule has 1 aromatic heterocycles.